The molecule has 98 valence electrons. The molecule has 0 radical (unpaired) electrons. The maximum Gasteiger partial charge on any atom is 0.230 e. The Labute approximate surface area is 119 Å². The number of aryl methyl sites for hydroxylation is 1. The molecule has 0 saturated carbocycles. The van der Waals surface area contributed by atoms with Crippen LogP contribution in [0.15, 0.2) is 41.0 Å². The molecule has 0 spiro atoms. The Bertz CT molecular complexity index is 616. The molecule has 2 rings (SSSR count). The zero-order valence-electron chi connectivity index (χ0n) is 10.3. The largest absolute Gasteiger partial charge is 0.310 e. The number of carbonyl (C=O) groups excluding carboxylic acids is 1. The van der Waals surface area contributed by atoms with E-state index in [1.807, 2.05) is 13.0 Å². The number of nitrogens with zero attached hydrogens (tertiary/aromatic N) is 1. The Morgan fingerprint density at radius 3 is 2.95 bits per heavy atom. The van der Waals surface area contributed by atoms with Gasteiger partial charge in [-0.05, 0) is 42.3 Å². The maximum atomic E-state index is 13.5. The average Bonchev–Trinajstić information content (AvgIpc) is 2.37. The van der Waals surface area contributed by atoms with E-state index in [1.165, 1.54) is 6.07 Å². The van der Waals surface area contributed by atoms with Crippen LogP contribution < -0.4 is 5.32 Å². The maximum absolute atomic E-state index is 13.5. The molecular formula is C14H12BrFN2O. The highest BCUT2D eigenvalue weighted by Gasteiger charge is 2.10. The lowest BCUT2D eigenvalue weighted by Gasteiger charge is -2.07. The van der Waals surface area contributed by atoms with Crippen molar-refractivity contribution in [3.63, 3.8) is 0 Å². The highest BCUT2D eigenvalue weighted by atomic mass is 79.9. The van der Waals surface area contributed by atoms with E-state index in [0.29, 0.717) is 11.4 Å². The van der Waals surface area contributed by atoms with Crippen molar-refractivity contribution in [1.29, 1.82) is 0 Å². The fourth-order valence-electron chi connectivity index (χ4n) is 1.64. The Morgan fingerprint density at radius 1 is 1.42 bits per heavy atom. The van der Waals surface area contributed by atoms with E-state index < -0.39 is 5.82 Å². The van der Waals surface area contributed by atoms with Gasteiger partial charge in [-0.15, -0.1) is 0 Å². The fourth-order valence-corrected chi connectivity index (χ4v) is 2.05. The third kappa shape index (κ3) is 3.61. The Hall–Kier alpha value is -1.75. The molecule has 0 fully saturated rings. The number of anilines is 1. The van der Waals surface area contributed by atoms with Crippen LogP contribution in [-0.2, 0) is 11.2 Å². The van der Waals surface area contributed by atoms with Crippen molar-refractivity contribution >= 4 is 27.7 Å². The van der Waals surface area contributed by atoms with Crippen molar-refractivity contribution in [2.75, 3.05) is 5.32 Å². The van der Waals surface area contributed by atoms with Gasteiger partial charge in [-0.2, -0.15) is 0 Å². The first-order valence-corrected chi connectivity index (χ1v) is 6.51. The second-order valence-electron chi connectivity index (χ2n) is 4.13. The van der Waals surface area contributed by atoms with Crippen LogP contribution in [0.2, 0.25) is 0 Å². The van der Waals surface area contributed by atoms with Gasteiger partial charge in [-0.3, -0.25) is 4.79 Å². The highest BCUT2D eigenvalue weighted by molar-refractivity contribution is 9.10. The zero-order valence-corrected chi connectivity index (χ0v) is 11.9. The quantitative estimate of drug-likeness (QED) is 0.940. The summed E-state index contributed by atoms with van der Waals surface area (Å²) in [7, 11) is 0. The molecule has 5 heteroatoms. The first kappa shape index (κ1) is 13.7. The third-order valence-electron chi connectivity index (χ3n) is 2.63. The van der Waals surface area contributed by atoms with Crippen LogP contribution in [0.3, 0.4) is 0 Å². The molecule has 1 aromatic carbocycles. The summed E-state index contributed by atoms with van der Waals surface area (Å²) in [5, 5.41) is 2.67. The molecule has 0 unspecified atom stereocenters. The molecule has 0 bridgehead atoms. The van der Waals surface area contributed by atoms with E-state index in [4.69, 9.17) is 0 Å². The number of nitrogens with one attached hydrogen (secondary N) is 1. The van der Waals surface area contributed by atoms with Crippen LogP contribution in [0.1, 0.15) is 11.1 Å². The normalized spacial score (nSPS) is 10.3. The second kappa shape index (κ2) is 5.93. The number of carbonyl (C=O) groups is 1. The average molecular weight is 323 g/mol. The van der Waals surface area contributed by atoms with Crippen molar-refractivity contribution in [3.8, 4) is 0 Å². The molecule has 0 aliphatic rings. The van der Waals surface area contributed by atoms with Gasteiger partial charge in [-0.25, -0.2) is 9.37 Å². The van der Waals surface area contributed by atoms with Crippen LogP contribution in [0.5, 0.6) is 0 Å². The van der Waals surface area contributed by atoms with Crippen LogP contribution in [0, 0.1) is 12.7 Å². The zero-order chi connectivity index (χ0) is 13.8. The molecule has 1 heterocycles. The summed E-state index contributed by atoms with van der Waals surface area (Å²) in [6, 6.07) is 8.17. The Morgan fingerprint density at radius 2 is 2.21 bits per heavy atom. The summed E-state index contributed by atoms with van der Waals surface area (Å²) in [6.07, 6.45) is 1.57. The highest BCUT2D eigenvalue weighted by Crippen LogP contribution is 2.17. The van der Waals surface area contributed by atoms with Gasteiger partial charge in [0.15, 0.2) is 0 Å². The minimum Gasteiger partial charge on any atom is -0.310 e. The monoisotopic (exact) mass is 322 g/mol. The molecule has 19 heavy (non-hydrogen) atoms. The molecule has 0 saturated heterocycles. The van der Waals surface area contributed by atoms with Gasteiger partial charge in [-0.1, -0.05) is 22.0 Å². The molecule has 0 aliphatic carbocycles. The molecular weight excluding hydrogens is 311 g/mol. The van der Waals surface area contributed by atoms with Crippen LogP contribution >= 0.6 is 15.9 Å². The standard InChI is InChI=1S/C14H12BrFN2O/c1-9-3-2-6-17-14(9)18-13(19)8-10-7-11(15)4-5-12(10)16/h2-7H,8H2,1H3,(H,17,18,19). The molecule has 2 aromatic rings. The smallest absolute Gasteiger partial charge is 0.230 e. The van der Waals surface area contributed by atoms with Crippen LogP contribution in [-0.4, -0.2) is 10.9 Å². The summed E-state index contributed by atoms with van der Waals surface area (Å²) < 4.78 is 14.3. The number of pyridine rings is 1. The minimum atomic E-state index is -0.393. The van der Waals surface area contributed by atoms with Crippen molar-refractivity contribution in [2.45, 2.75) is 13.3 Å². The minimum absolute atomic E-state index is 0.0265. The lowest BCUT2D eigenvalue weighted by Crippen LogP contribution is -2.16. The molecule has 1 amide bonds. The first-order valence-electron chi connectivity index (χ1n) is 5.71. The topological polar surface area (TPSA) is 42.0 Å². The van der Waals surface area contributed by atoms with Crippen molar-refractivity contribution in [1.82, 2.24) is 4.98 Å². The van der Waals surface area contributed by atoms with Crippen LogP contribution in [0.4, 0.5) is 10.2 Å². The van der Waals surface area contributed by atoms with Gasteiger partial charge in [0.05, 0.1) is 6.42 Å². The van der Waals surface area contributed by atoms with Gasteiger partial charge in [0.25, 0.3) is 0 Å². The number of halogens is 2. The van der Waals surface area contributed by atoms with Crippen LogP contribution in [0.25, 0.3) is 0 Å². The predicted molar refractivity (Wildman–Crippen MR) is 75.4 cm³/mol. The molecule has 1 aromatic heterocycles. The van der Waals surface area contributed by atoms with Gasteiger partial charge < -0.3 is 5.32 Å². The van der Waals surface area contributed by atoms with E-state index in [1.54, 1.807) is 24.4 Å². The third-order valence-corrected chi connectivity index (χ3v) is 3.12. The van der Waals surface area contributed by atoms with E-state index >= 15 is 0 Å². The first-order chi connectivity index (χ1) is 9.06. The SMILES string of the molecule is Cc1cccnc1NC(=O)Cc1cc(Br)ccc1F. The summed E-state index contributed by atoms with van der Waals surface area (Å²) in [4.78, 5) is 15.9. The molecule has 1 N–H and O–H groups in total. The predicted octanol–water partition coefficient (Wildman–Crippen LogP) is 3.47. The molecule has 3 nitrogen and oxygen atoms in total. The van der Waals surface area contributed by atoms with E-state index in [9.17, 15) is 9.18 Å². The summed E-state index contributed by atoms with van der Waals surface area (Å²) in [6.45, 7) is 1.85. The number of amides is 1. The number of benzene rings is 1. The summed E-state index contributed by atoms with van der Waals surface area (Å²) in [5.41, 5.74) is 1.21. The Kier molecular flexibility index (Phi) is 4.27. The van der Waals surface area contributed by atoms with Gasteiger partial charge in [0.2, 0.25) is 5.91 Å². The lowest BCUT2D eigenvalue weighted by molar-refractivity contribution is -0.115. The Balaban J connectivity index is 2.10. The van der Waals surface area contributed by atoms with Crippen molar-refractivity contribution in [2.24, 2.45) is 0 Å². The lowest BCUT2D eigenvalue weighted by atomic mass is 10.1. The number of rotatable bonds is 3. The van der Waals surface area contributed by atoms with E-state index in [2.05, 4.69) is 26.2 Å². The van der Waals surface area contributed by atoms with Gasteiger partial charge in [0, 0.05) is 10.7 Å². The summed E-state index contributed by atoms with van der Waals surface area (Å²) >= 11 is 3.25. The van der Waals surface area contributed by atoms with Crippen molar-refractivity contribution in [3.05, 3.63) is 57.9 Å². The van der Waals surface area contributed by atoms with Gasteiger partial charge >= 0.3 is 0 Å². The van der Waals surface area contributed by atoms with Crippen molar-refractivity contribution < 1.29 is 9.18 Å². The summed E-state index contributed by atoms with van der Waals surface area (Å²) in [5.74, 6) is -0.183. The number of hydrogen-bond acceptors (Lipinski definition) is 2. The molecule has 0 atom stereocenters. The van der Waals surface area contributed by atoms with Gasteiger partial charge in [0.1, 0.15) is 11.6 Å². The fraction of sp³-hybridized carbons (Fsp3) is 0.143. The second-order valence-corrected chi connectivity index (χ2v) is 5.05. The van der Waals surface area contributed by atoms with E-state index in [0.717, 1.165) is 10.0 Å². The number of aromatic nitrogens is 1. The molecule has 0 aliphatic heterocycles. The van der Waals surface area contributed by atoms with E-state index in [-0.39, 0.29) is 12.3 Å². The number of hydrogen-bond donors (Lipinski definition) is 1.